The molecule has 0 atom stereocenters. The summed E-state index contributed by atoms with van der Waals surface area (Å²) in [6.07, 6.45) is 1.86. The van der Waals surface area contributed by atoms with E-state index in [0.717, 1.165) is 71.4 Å². The van der Waals surface area contributed by atoms with Crippen molar-refractivity contribution < 1.29 is 13.9 Å². The van der Waals surface area contributed by atoms with Gasteiger partial charge in [0.25, 0.3) is 0 Å². The van der Waals surface area contributed by atoms with Gasteiger partial charge >= 0.3 is 0 Å². The zero-order valence-electron chi connectivity index (χ0n) is 18.4. The Morgan fingerprint density at radius 2 is 2.00 bits per heavy atom. The first kappa shape index (κ1) is 21.5. The highest BCUT2D eigenvalue weighted by Crippen LogP contribution is 2.31. The summed E-state index contributed by atoms with van der Waals surface area (Å²) >= 11 is 0. The van der Waals surface area contributed by atoms with Crippen LogP contribution in [0.3, 0.4) is 0 Å². The van der Waals surface area contributed by atoms with E-state index < -0.39 is 0 Å². The molecule has 3 N–H and O–H groups in total. The fraction of sp³-hybridized carbons (Fsp3) is 0.455. The number of oxazole rings is 1. The van der Waals surface area contributed by atoms with Gasteiger partial charge in [0.2, 0.25) is 5.89 Å². The Labute approximate surface area is 177 Å². The second-order valence-electron chi connectivity index (χ2n) is 7.06. The molecule has 2 aromatic heterocycles. The molecule has 0 aliphatic heterocycles. The molecule has 0 amide bonds. The Kier molecular flexibility index (Phi) is 7.21. The fourth-order valence-electron chi connectivity index (χ4n) is 3.24. The van der Waals surface area contributed by atoms with Crippen LogP contribution < -0.4 is 20.1 Å². The largest absolute Gasteiger partial charge is 0.497 e. The lowest BCUT2D eigenvalue weighted by Gasteiger charge is -2.10. The molecule has 1 aromatic carbocycles. The van der Waals surface area contributed by atoms with Gasteiger partial charge in [0.1, 0.15) is 23.8 Å². The van der Waals surface area contributed by atoms with E-state index in [1.165, 1.54) is 0 Å². The molecule has 0 saturated heterocycles. The Morgan fingerprint density at radius 3 is 2.67 bits per heavy atom. The molecule has 8 nitrogen and oxygen atoms in total. The van der Waals surface area contributed by atoms with Crippen LogP contribution in [0.2, 0.25) is 0 Å². The highest BCUT2D eigenvalue weighted by Gasteiger charge is 2.09. The first-order valence-electron chi connectivity index (χ1n) is 10.2. The number of rotatable bonds is 9. The first-order valence-corrected chi connectivity index (χ1v) is 10.2. The van der Waals surface area contributed by atoms with Crippen LogP contribution in [0.5, 0.6) is 11.5 Å². The van der Waals surface area contributed by atoms with E-state index in [9.17, 15) is 0 Å². The molecule has 2 heterocycles. The summed E-state index contributed by atoms with van der Waals surface area (Å²) in [5, 5.41) is 7.68. The second-order valence-corrected chi connectivity index (χ2v) is 7.06. The van der Waals surface area contributed by atoms with Crippen LogP contribution in [0.15, 0.2) is 27.6 Å². The van der Waals surface area contributed by atoms with Crippen LogP contribution in [-0.4, -0.2) is 43.2 Å². The fourth-order valence-corrected chi connectivity index (χ4v) is 3.24. The Hall–Kier alpha value is -3.16. The number of hydrogen-bond acceptors (Lipinski definition) is 5. The highest BCUT2D eigenvalue weighted by atomic mass is 16.5. The van der Waals surface area contributed by atoms with Gasteiger partial charge < -0.3 is 29.5 Å². The van der Waals surface area contributed by atoms with Gasteiger partial charge in [-0.2, -0.15) is 0 Å². The molecule has 0 bridgehead atoms. The number of hydrogen-bond donors (Lipinski definition) is 3. The molecule has 3 rings (SSSR count). The standard InChI is InChI=1S/C22H31N5O3/c1-6-23-22(25-13-21-26-14(2)15(3)30-21)24-9-7-8-16-10-18-19(27-16)11-17(28-4)12-20(18)29-5/h10-12,27H,6-9,13H2,1-5H3,(H2,23,24,25). The maximum atomic E-state index is 5.59. The lowest BCUT2D eigenvalue weighted by Crippen LogP contribution is -2.37. The van der Waals surface area contributed by atoms with E-state index in [1.807, 2.05) is 32.9 Å². The quantitative estimate of drug-likeness (QED) is 0.282. The smallest absolute Gasteiger partial charge is 0.216 e. The maximum Gasteiger partial charge on any atom is 0.216 e. The van der Waals surface area contributed by atoms with Crippen LogP contribution in [0.25, 0.3) is 10.9 Å². The molecule has 3 aromatic rings. The van der Waals surface area contributed by atoms with Gasteiger partial charge in [-0.15, -0.1) is 0 Å². The molecule has 0 fully saturated rings. The van der Waals surface area contributed by atoms with E-state index in [0.29, 0.717) is 12.4 Å². The summed E-state index contributed by atoms with van der Waals surface area (Å²) in [6, 6.07) is 6.03. The summed E-state index contributed by atoms with van der Waals surface area (Å²) in [7, 11) is 3.33. The first-order chi connectivity index (χ1) is 14.5. The third-order valence-electron chi connectivity index (χ3n) is 4.89. The van der Waals surface area contributed by atoms with Crippen molar-refractivity contribution in [3.05, 3.63) is 41.2 Å². The van der Waals surface area contributed by atoms with Crippen molar-refractivity contribution in [3.8, 4) is 11.5 Å². The predicted molar refractivity (Wildman–Crippen MR) is 119 cm³/mol. The van der Waals surface area contributed by atoms with Gasteiger partial charge in [-0.1, -0.05) is 0 Å². The van der Waals surface area contributed by atoms with E-state index in [4.69, 9.17) is 13.9 Å². The van der Waals surface area contributed by atoms with Crippen LogP contribution in [0.1, 0.15) is 36.4 Å². The van der Waals surface area contributed by atoms with Crippen LogP contribution in [-0.2, 0) is 13.0 Å². The van der Waals surface area contributed by atoms with E-state index in [1.54, 1.807) is 14.2 Å². The van der Waals surface area contributed by atoms with E-state index in [2.05, 4.69) is 31.7 Å². The molecule has 162 valence electrons. The van der Waals surface area contributed by atoms with Gasteiger partial charge in [0.15, 0.2) is 5.96 Å². The van der Waals surface area contributed by atoms with Crippen molar-refractivity contribution >= 4 is 16.9 Å². The summed E-state index contributed by atoms with van der Waals surface area (Å²) < 4.78 is 16.4. The minimum absolute atomic E-state index is 0.410. The van der Waals surface area contributed by atoms with Gasteiger partial charge in [0, 0.05) is 36.3 Å². The van der Waals surface area contributed by atoms with Gasteiger partial charge in [0.05, 0.1) is 25.4 Å². The molecular weight excluding hydrogens is 382 g/mol. The van der Waals surface area contributed by atoms with Crippen molar-refractivity contribution in [1.29, 1.82) is 0 Å². The van der Waals surface area contributed by atoms with Gasteiger partial charge in [-0.05, 0) is 39.7 Å². The molecular formula is C22H31N5O3. The van der Waals surface area contributed by atoms with Crippen molar-refractivity contribution in [3.63, 3.8) is 0 Å². The lowest BCUT2D eigenvalue weighted by atomic mass is 10.2. The Balaban J connectivity index is 1.56. The average Bonchev–Trinajstić information content (AvgIpc) is 3.30. The molecule has 0 saturated carbocycles. The number of benzene rings is 1. The van der Waals surface area contributed by atoms with Gasteiger partial charge in [-0.3, -0.25) is 0 Å². The number of ether oxygens (including phenoxy) is 2. The summed E-state index contributed by atoms with van der Waals surface area (Å²) in [5.41, 5.74) is 3.08. The number of fused-ring (bicyclic) bond motifs is 1. The number of nitrogens with one attached hydrogen (secondary N) is 3. The normalized spacial score (nSPS) is 11.7. The monoisotopic (exact) mass is 413 g/mol. The number of H-pyrrole nitrogens is 1. The van der Waals surface area contributed by atoms with Crippen molar-refractivity contribution in [2.75, 3.05) is 27.3 Å². The molecule has 0 aliphatic rings. The molecule has 0 spiro atoms. The SMILES string of the molecule is CCNC(=NCc1nc(C)c(C)o1)NCCCc1cc2c(OC)cc(OC)cc2[nH]1. The molecule has 0 radical (unpaired) electrons. The number of aryl methyl sites for hydroxylation is 3. The Morgan fingerprint density at radius 1 is 1.17 bits per heavy atom. The van der Waals surface area contributed by atoms with E-state index >= 15 is 0 Å². The summed E-state index contributed by atoms with van der Waals surface area (Å²) in [6.45, 7) is 7.89. The lowest BCUT2D eigenvalue weighted by molar-refractivity contribution is 0.398. The topological polar surface area (TPSA) is 96.7 Å². The zero-order chi connectivity index (χ0) is 21.5. The molecule has 0 aliphatic carbocycles. The number of aromatic nitrogens is 2. The third-order valence-corrected chi connectivity index (χ3v) is 4.89. The van der Waals surface area contributed by atoms with Crippen LogP contribution >= 0.6 is 0 Å². The maximum absolute atomic E-state index is 5.59. The summed E-state index contributed by atoms with van der Waals surface area (Å²) in [4.78, 5) is 12.4. The molecule has 8 heteroatoms. The zero-order valence-corrected chi connectivity index (χ0v) is 18.4. The Bertz CT molecular complexity index is 986. The predicted octanol–water partition coefficient (Wildman–Crippen LogP) is 3.48. The van der Waals surface area contributed by atoms with E-state index in [-0.39, 0.29) is 0 Å². The molecule has 0 unspecified atom stereocenters. The average molecular weight is 414 g/mol. The number of methoxy groups -OCH3 is 2. The number of aliphatic imine (C=N–C) groups is 1. The van der Waals surface area contributed by atoms with Crippen molar-refractivity contribution in [2.45, 2.75) is 40.2 Å². The number of aromatic amines is 1. The van der Waals surface area contributed by atoms with Crippen LogP contribution in [0.4, 0.5) is 0 Å². The highest BCUT2D eigenvalue weighted by molar-refractivity contribution is 5.88. The van der Waals surface area contributed by atoms with Gasteiger partial charge in [-0.25, -0.2) is 9.98 Å². The number of nitrogens with zero attached hydrogens (tertiary/aromatic N) is 2. The minimum Gasteiger partial charge on any atom is -0.497 e. The van der Waals surface area contributed by atoms with Crippen molar-refractivity contribution in [2.24, 2.45) is 4.99 Å². The minimum atomic E-state index is 0.410. The second kappa shape index (κ2) is 10.0. The third kappa shape index (κ3) is 5.25. The van der Waals surface area contributed by atoms with Crippen molar-refractivity contribution in [1.82, 2.24) is 20.6 Å². The summed E-state index contributed by atoms with van der Waals surface area (Å²) in [5.74, 6) is 3.81. The number of guanidine groups is 1. The van der Waals surface area contributed by atoms with Crippen LogP contribution in [0, 0.1) is 13.8 Å². The molecule has 30 heavy (non-hydrogen) atoms.